The first kappa shape index (κ1) is 14.2. The Balaban J connectivity index is 1.83. The number of morpholine rings is 1. The van der Waals surface area contributed by atoms with Gasteiger partial charge in [0.15, 0.2) is 0 Å². The summed E-state index contributed by atoms with van der Waals surface area (Å²) in [6, 6.07) is 6.03. The summed E-state index contributed by atoms with van der Waals surface area (Å²) in [4.78, 5) is 14.8. The van der Waals surface area contributed by atoms with E-state index in [1.165, 1.54) is 0 Å². The summed E-state index contributed by atoms with van der Waals surface area (Å²) >= 11 is 0. The Morgan fingerprint density at radius 1 is 1.33 bits per heavy atom. The maximum Gasteiger partial charge on any atom is 0.254 e. The van der Waals surface area contributed by atoms with Crippen LogP contribution in [0.15, 0.2) is 18.2 Å². The van der Waals surface area contributed by atoms with Crippen LogP contribution in [0.2, 0.25) is 0 Å². The van der Waals surface area contributed by atoms with Crippen LogP contribution in [0.1, 0.15) is 30.6 Å². The zero-order valence-corrected chi connectivity index (χ0v) is 12.7. The minimum Gasteiger partial charge on any atom is -0.382 e. The fourth-order valence-corrected chi connectivity index (χ4v) is 2.97. The summed E-state index contributed by atoms with van der Waals surface area (Å²) in [6.07, 6.45) is 1.03. The first-order valence-electron chi connectivity index (χ1n) is 7.73. The van der Waals surface area contributed by atoms with Crippen molar-refractivity contribution in [2.24, 2.45) is 0 Å². The molecule has 5 heteroatoms. The lowest BCUT2D eigenvalue weighted by Gasteiger charge is -2.38. The number of ether oxygens (including phenoxy) is 1. The van der Waals surface area contributed by atoms with E-state index in [0.717, 1.165) is 36.4 Å². The zero-order chi connectivity index (χ0) is 14.8. The van der Waals surface area contributed by atoms with E-state index in [1.807, 2.05) is 30.0 Å². The van der Waals surface area contributed by atoms with Gasteiger partial charge in [0, 0.05) is 25.2 Å². The molecule has 2 aliphatic heterocycles. The second-order valence-corrected chi connectivity index (χ2v) is 5.78. The summed E-state index contributed by atoms with van der Waals surface area (Å²) in [6.45, 7) is 7.22. The summed E-state index contributed by atoms with van der Waals surface area (Å²) in [5.74, 6) is 0.104. The smallest absolute Gasteiger partial charge is 0.254 e. The number of nitrogens with one attached hydrogen (secondary N) is 2. The van der Waals surface area contributed by atoms with Crippen LogP contribution in [0, 0.1) is 0 Å². The SMILES string of the molecule is CCC1COC(C)CN1C(=O)c1ccc2c(c1)NCCN2. The van der Waals surface area contributed by atoms with E-state index in [-0.39, 0.29) is 18.1 Å². The predicted octanol–water partition coefficient (Wildman–Crippen LogP) is 2.16. The Morgan fingerprint density at radius 2 is 2.10 bits per heavy atom. The number of hydrogen-bond donors (Lipinski definition) is 2. The molecular weight excluding hydrogens is 266 g/mol. The fraction of sp³-hybridized carbons (Fsp3) is 0.562. The van der Waals surface area contributed by atoms with Crippen molar-refractivity contribution < 1.29 is 9.53 Å². The molecule has 5 nitrogen and oxygen atoms in total. The molecule has 1 saturated heterocycles. The van der Waals surface area contributed by atoms with Crippen molar-refractivity contribution in [3.05, 3.63) is 23.8 Å². The van der Waals surface area contributed by atoms with Crippen molar-refractivity contribution in [2.45, 2.75) is 32.4 Å². The lowest BCUT2D eigenvalue weighted by atomic mass is 10.1. The second kappa shape index (κ2) is 5.93. The molecule has 0 bridgehead atoms. The minimum absolute atomic E-state index is 0.104. The number of fused-ring (bicyclic) bond motifs is 1. The number of amides is 1. The molecule has 0 radical (unpaired) electrons. The van der Waals surface area contributed by atoms with Crippen LogP contribution >= 0.6 is 0 Å². The average molecular weight is 289 g/mol. The molecule has 1 fully saturated rings. The van der Waals surface area contributed by atoms with Crippen LogP contribution in [0.5, 0.6) is 0 Å². The van der Waals surface area contributed by atoms with E-state index >= 15 is 0 Å². The van der Waals surface area contributed by atoms with E-state index in [9.17, 15) is 4.79 Å². The number of carbonyl (C=O) groups is 1. The number of carbonyl (C=O) groups excluding carboxylic acids is 1. The van der Waals surface area contributed by atoms with E-state index in [4.69, 9.17) is 4.74 Å². The van der Waals surface area contributed by atoms with Crippen LogP contribution in [0.4, 0.5) is 11.4 Å². The first-order valence-corrected chi connectivity index (χ1v) is 7.73. The normalized spacial score (nSPS) is 24.8. The third-order valence-corrected chi connectivity index (χ3v) is 4.22. The number of benzene rings is 1. The molecule has 3 rings (SSSR count). The number of nitrogens with zero attached hydrogens (tertiary/aromatic N) is 1. The minimum atomic E-state index is 0.104. The van der Waals surface area contributed by atoms with E-state index < -0.39 is 0 Å². The number of rotatable bonds is 2. The van der Waals surface area contributed by atoms with Crippen molar-refractivity contribution in [3.8, 4) is 0 Å². The third kappa shape index (κ3) is 2.83. The lowest BCUT2D eigenvalue weighted by Crippen LogP contribution is -2.51. The highest BCUT2D eigenvalue weighted by Gasteiger charge is 2.30. The number of anilines is 2. The first-order chi connectivity index (χ1) is 10.2. The fourth-order valence-electron chi connectivity index (χ4n) is 2.97. The van der Waals surface area contributed by atoms with Gasteiger partial charge >= 0.3 is 0 Å². The van der Waals surface area contributed by atoms with Gasteiger partial charge in [-0.3, -0.25) is 4.79 Å². The Kier molecular flexibility index (Phi) is 4.01. The Bertz CT molecular complexity index is 532. The molecule has 0 aromatic heterocycles. The van der Waals surface area contributed by atoms with Crippen LogP contribution in [-0.2, 0) is 4.74 Å². The highest BCUT2D eigenvalue weighted by atomic mass is 16.5. The molecule has 1 amide bonds. The molecule has 2 atom stereocenters. The van der Waals surface area contributed by atoms with Gasteiger partial charge in [-0.15, -0.1) is 0 Å². The molecular formula is C16H23N3O2. The summed E-state index contributed by atoms with van der Waals surface area (Å²) < 4.78 is 5.67. The van der Waals surface area contributed by atoms with Gasteiger partial charge in [0.2, 0.25) is 0 Å². The van der Waals surface area contributed by atoms with E-state index in [1.54, 1.807) is 0 Å². The van der Waals surface area contributed by atoms with Gasteiger partial charge in [0.05, 0.1) is 30.1 Å². The molecule has 2 aliphatic rings. The van der Waals surface area contributed by atoms with Crippen LogP contribution < -0.4 is 10.6 Å². The Morgan fingerprint density at radius 3 is 2.86 bits per heavy atom. The van der Waals surface area contributed by atoms with Gasteiger partial charge in [-0.25, -0.2) is 0 Å². The van der Waals surface area contributed by atoms with Gasteiger partial charge in [0.1, 0.15) is 0 Å². The number of hydrogen-bond acceptors (Lipinski definition) is 4. The standard InChI is InChI=1S/C16H23N3O2/c1-3-13-10-21-11(2)9-19(13)16(20)12-4-5-14-15(8-12)18-7-6-17-14/h4-5,8,11,13,17-18H,3,6-7,9-10H2,1-2H3. The van der Waals surface area contributed by atoms with Crippen LogP contribution in [-0.4, -0.2) is 49.2 Å². The van der Waals surface area contributed by atoms with Gasteiger partial charge in [-0.1, -0.05) is 6.92 Å². The molecule has 114 valence electrons. The maximum absolute atomic E-state index is 12.8. The highest BCUT2D eigenvalue weighted by molar-refractivity contribution is 5.96. The largest absolute Gasteiger partial charge is 0.382 e. The van der Waals surface area contributed by atoms with Gasteiger partial charge in [-0.2, -0.15) is 0 Å². The molecule has 0 spiro atoms. The summed E-state index contributed by atoms with van der Waals surface area (Å²) in [5, 5.41) is 6.66. The molecule has 1 aromatic rings. The second-order valence-electron chi connectivity index (χ2n) is 5.78. The van der Waals surface area contributed by atoms with E-state index in [2.05, 4.69) is 17.6 Å². The van der Waals surface area contributed by atoms with Crippen molar-refractivity contribution in [1.82, 2.24) is 4.90 Å². The van der Waals surface area contributed by atoms with Crippen LogP contribution in [0.25, 0.3) is 0 Å². The maximum atomic E-state index is 12.8. The quantitative estimate of drug-likeness (QED) is 0.876. The summed E-state index contributed by atoms with van der Waals surface area (Å²) in [5.41, 5.74) is 2.83. The third-order valence-electron chi connectivity index (χ3n) is 4.22. The van der Waals surface area contributed by atoms with Crippen molar-refractivity contribution in [3.63, 3.8) is 0 Å². The molecule has 2 heterocycles. The Hall–Kier alpha value is -1.75. The van der Waals surface area contributed by atoms with Crippen LogP contribution in [0.3, 0.4) is 0 Å². The topological polar surface area (TPSA) is 53.6 Å². The van der Waals surface area contributed by atoms with Crippen molar-refractivity contribution in [1.29, 1.82) is 0 Å². The monoisotopic (exact) mass is 289 g/mol. The molecule has 1 aromatic carbocycles. The summed E-state index contributed by atoms with van der Waals surface area (Å²) in [7, 11) is 0. The predicted molar refractivity (Wildman–Crippen MR) is 84.0 cm³/mol. The van der Waals surface area contributed by atoms with Gasteiger partial charge < -0.3 is 20.3 Å². The van der Waals surface area contributed by atoms with Gasteiger partial charge in [-0.05, 0) is 31.5 Å². The Labute approximate surface area is 125 Å². The molecule has 0 saturated carbocycles. The van der Waals surface area contributed by atoms with Gasteiger partial charge in [0.25, 0.3) is 5.91 Å². The molecule has 21 heavy (non-hydrogen) atoms. The van der Waals surface area contributed by atoms with Crippen molar-refractivity contribution in [2.75, 3.05) is 36.9 Å². The van der Waals surface area contributed by atoms with Crippen molar-refractivity contribution >= 4 is 17.3 Å². The lowest BCUT2D eigenvalue weighted by molar-refractivity contribution is -0.0444. The highest BCUT2D eigenvalue weighted by Crippen LogP contribution is 2.27. The molecule has 2 N–H and O–H groups in total. The zero-order valence-electron chi connectivity index (χ0n) is 12.7. The molecule has 0 aliphatic carbocycles. The average Bonchev–Trinajstić information content (AvgIpc) is 2.53. The van der Waals surface area contributed by atoms with E-state index in [0.29, 0.717) is 13.2 Å². The molecule has 2 unspecified atom stereocenters.